The van der Waals surface area contributed by atoms with Crippen LogP contribution in [0.3, 0.4) is 0 Å². The van der Waals surface area contributed by atoms with Crippen LogP contribution in [-0.4, -0.2) is 66.2 Å². The molecule has 0 N–H and O–H groups in total. The predicted octanol–water partition coefficient (Wildman–Crippen LogP) is 2.66. The summed E-state index contributed by atoms with van der Waals surface area (Å²) in [5.74, 6) is -0.0339. The van der Waals surface area contributed by atoms with Crippen molar-refractivity contribution in [1.82, 2.24) is 14.2 Å². The lowest BCUT2D eigenvalue weighted by molar-refractivity contribution is -0.129. The summed E-state index contributed by atoms with van der Waals surface area (Å²) in [6.45, 7) is 2.50. The van der Waals surface area contributed by atoms with E-state index in [9.17, 15) is 18.0 Å². The van der Waals surface area contributed by atoms with E-state index in [4.69, 9.17) is 4.42 Å². The number of oxazole rings is 1. The molecule has 0 saturated carbocycles. The molecule has 10 heteroatoms. The lowest BCUT2D eigenvalue weighted by Gasteiger charge is -2.34. The smallest absolute Gasteiger partial charge is 0.257 e. The van der Waals surface area contributed by atoms with Crippen LogP contribution in [-0.2, 0) is 14.8 Å². The Morgan fingerprint density at radius 3 is 2.35 bits per heavy atom. The molecule has 1 aliphatic heterocycles. The van der Waals surface area contributed by atoms with Gasteiger partial charge in [0, 0.05) is 31.7 Å². The number of hydrogen-bond donors (Lipinski definition) is 0. The molecule has 4 rings (SSSR count). The van der Waals surface area contributed by atoms with Crippen LogP contribution in [0.4, 0.5) is 0 Å². The van der Waals surface area contributed by atoms with Crippen LogP contribution >= 0.6 is 11.8 Å². The van der Waals surface area contributed by atoms with E-state index in [-0.39, 0.29) is 35.4 Å². The number of nitrogens with zero attached hydrogens (tertiary/aromatic N) is 3. The fraction of sp³-hybridized carbons (Fsp3) is 0.286. The van der Waals surface area contributed by atoms with Crippen LogP contribution < -0.4 is 0 Å². The Labute approximate surface area is 184 Å². The Bertz CT molecular complexity index is 1180. The Balaban J connectivity index is 1.33. The van der Waals surface area contributed by atoms with Crippen LogP contribution in [0.25, 0.3) is 11.1 Å². The van der Waals surface area contributed by atoms with E-state index in [0.29, 0.717) is 29.5 Å². The van der Waals surface area contributed by atoms with E-state index in [1.54, 1.807) is 4.90 Å². The minimum absolute atomic E-state index is 0.0879. The number of sulfonamides is 1. The molecule has 1 fully saturated rings. The Hall–Kier alpha value is -2.69. The molecule has 31 heavy (non-hydrogen) atoms. The van der Waals surface area contributed by atoms with Gasteiger partial charge in [0.2, 0.25) is 15.9 Å². The average molecular weight is 460 g/mol. The maximum atomic E-state index is 12.9. The number of carbonyl (C=O) groups excluding carboxylic acids is 2. The number of para-hydroxylation sites is 2. The minimum atomic E-state index is -3.67. The summed E-state index contributed by atoms with van der Waals surface area (Å²) in [6, 6.07) is 13.3. The van der Waals surface area contributed by atoms with Gasteiger partial charge in [-0.3, -0.25) is 9.59 Å². The Morgan fingerprint density at radius 1 is 1.03 bits per heavy atom. The number of rotatable bonds is 6. The quantitative estimate of drug-likeness (QED) is 0.413. The second-order valence-electron chi connectivity index (χ2n) is 7.10. The van der Waals surface area contributed by atoms with Gasteiger partial charge in [-0.15, -0.1) is 0 Å². The zero-order valence-electron chi connectivity index (χ0n) is 16.9. The highest BCUT2D eigenvalue weighted by atomic mass is 32.2. The van der Waals surface area contributed by atoms with E-state index >= 15 is 0 Å². The van der Waals surface area contributed by atoms with Gasteiger partial charge in [0.15, 0.2) is 11.4 Å². The van der Waals surface area contributed by atoms with Crippen molar-refractivity contribution < 1.29 is 22.4 Å². The second-order valence-corrected chi connectivity index (χ2v) is 9.97. The Morgan fingerprint density at radius 2 is 1.71 bits per heavy atom. The van der Waals surface area contributed by atoms with Crippen molar-refractivity contribution in [2.45, 2.75) is 17.0 Å². The van der Waals surface area contributed by atoms with Crippen molar-refractivity contribution in [1.29, 1.82) is 0 Å². The fourth-order valence-electron chi connectivity index (χ4n) is 3.32. The number of Topliss-reactive ketones (excluding diaryl/α,β-unsaturated/α-hetero) is 1. The van der Waals surface area contributed by atoms with Gasteiger partial charge in [-0.25, -0.2) is 13.4 Å². The maximum absolute atomic E-state index is 12.9. The van der Waals surface area contributed by atoms with Crippen LogP contribution in [0.1, 0.15) is 17.3 Å². The molecule has 2 aromatic carbocycles. The first-order valence-corrected chi connectivity index (χ1v) is 12.1. The molecule has 3 aromatic rings. The maximum Gasteiger partial charge on any atom is 0.257 e. The molecule has 8 nitrogen and oxygen atoms in total. The molecule has 1 saturated heterocycles. The molecule has 162 valence electrons. The highest BCUT2D eigenvalue weighted by Gasteiger charge is 2.30. The fourth-order valence-corrected chi connectivity index (χ4v) is 5.48. The lowest BCUT2D eigenvalue weighted by atomic mass is 10.2. The zero-order chi connectivity index (χ0) is 22.0. The van der Waals surface area contributed by atoms with Gasteiger partial charge in [-0.1, -0.05) is 36.0 Å². The summed E-state index contributed by atoms with van der Waals surface area (Å²) < 4.78 is 32.7. The summed E-state index contributed by atoms with van der Waals surface area (Å²) >= 11 is 1.23. The predicted molar refractivity (Wildman–Crippen MR) is 117 cm³/mol. The number of thioether (sulfide) groups is 1. The molecule has 2 heterocycles. The van der Waals surface area contributed by atoms with E-state index < -0.39 is 10.0 Å². The summed E-state index contributed by atoms with van der Waals surface area (Å²) in [4.78, 5) is 30.1. The van der Waals surface area contributed by atoms with Gasteiger partial charge in [-0.2, -0.15) is 4.31 Å². The molecule has 0 spiro atoms. The van der Waals surface area contributed by atoms with E-state index in [1.165, 1.54) is 47.3 Å². The standard InChI is InChI=1S/C21H21N3O5S2/c1-15(25)16-6-8-17(9-7-16)31(27,28)24-12-10-23(11-13-24)20(26)14-30-21-22-18-4-2-3-5-19(18)29-21/h2-9H,10-14H2,1H3. The molecule has 0 radical (unpaired) electrons. The topological polar surface area (TPSA) is 101 Å². The highest BCUT2D eigenvalue weighted by Crippen LogP contribution is 2.24. The van der Waals surface area contributed by atoms with Gasteiger partial charge >= 0.3 is 0 Å². The summed E-state index contributed by atoms with van der Waals surface area (Å²) in [6.07, 6.45) is 0. The summed E-state index contributed by atoms with van der Waals surface area (Å²) in [5.41, 5.74) is 1.88. The largest absolute Gasteiger partial charge is 0.431 e. The third-order valence-electron chi connectivity index (χ3n) is 5.08. The average Bonchev–Trinajstić information content (AvgIpc) is 3.20. The number of amides is 1. The highest BCUT2D eigenvalue weighted by molar-refractivity contribution is 7.99. The van der Waals surface area contributed by atoms with Crippen molar-refractivity contribution in [2.75, 3.05) is 31.9 Å². The molecule has 1 aliphatic rings. The minimum Gasteiger partial charge on any atom is -0.431 e. The molecule has 0 unspecified atom stereocenters. The van der Waals surface area contributed by atoms with Gasteiger partial charge in [0.05, 0.1) is 10.6 Å². The first kappa shape index (κ1) is 21.5. The number of benzene rings is 2. The molecule has 0 aliphatic carbocycles. The van der Waals surface area contributed by atoms with Crippen molar-refractivity contribution in [3.05, 3.63) is 54.1 Å². The van der Waals surface area contributed by atoms with Crippen molar-refractivity contribution >= 4 is 44.6 Å². The SMILES string of the molecule is CC(=O)c1ccc(S(=O)(=O)N2CCN(C(=O)CSc3nc4ccccc4o3)CC2)cc1. The third kappa shape index (κ3) is 4.65. The number of ketones is 1. The van der Waals surface area contributed by atoms with E-state index in [1.807, 2.05) is 24.3 Å². The zero-order valence-corrected chi connectivity index (χ0v) is 18.5. The number of hydrogen-bond acceptors (Lipinski definition) is 7. The van der Waals surface area contributed by atoms with Crippen molar-refractivity contribution in [3.8, 4) is 0 Å². The van der Waals surface area contributed by atoms with Crippen LogP contribution in [0.2, 0.25) is 0 Å². The molecular weight excluding hydrogens is 438 g/mol. The van der Waals surface area contributed by atoms with Crippen LogP contribution in [0, 0.1) is 0 Å². The van der Waals surface area contributed by atoms with Gasteiger partial charge in [0.25, 0.3) is 5.22 Å². The number of carbonyl (C=O) groups is 2. The first-order chi connectivity index (χ1) is 14.8. The number of aromatic nitrogens is 1. The van der Waals surface area contributed by atoms with Crippen LogP contribution in [0.5, 0.6) is 0 Å². The summed E-state index contributed by atoms with van der Waals surface area (Å²) in [5, 5.41) is 0.435. The molecule has 0 bridgehead atoms. The molecule has 1 aromatic heterocycles. The Kier molecular flexibility index (Phi) is 6.12. The molecule has 0 atom stereocenters. The van der Waals surface area contributed by atoms with Gasteiger partial charge < -0.3 is 9.32 Å². The monoisotopic (exact) mass is 459 g/mol. The first-order valence-electron chi connectivity index (χ1n) is 9.72. The van der Waals surface area contributed by atoms with E-state index in [0.717, 1.165) is 5.52 Å². The number of fused-ring (bicyclic) bond motifs is 1. The van der Waals surface area contributed by atoms with Crippen molar-refractivity contribution in [2.24, 2.45) is 0 Å². The lowest BCUT2D eigenvalue weighted by Crippen LogP contribution is -2.50. The second kappa shape index (κ2) is 8.81. The normalized spacial score (nSPS) is 15.3. The van der Waals surface area contributed by atoms with Gasteiger partial charge in [-0.05, 0) is 31.2 Å². The molecule has 1 amide bonds. The van der Waals surface area contributed by atoms with Crippen molar-refractivity contribution in [3.63, 3.8) is 0 Å². The van der Waals surface area contributed by atoms with Gasteiger partial charge in [0.1, 0.15) is 5.52 Å². The summed E-state index contributed by atoms with van der Waals surface area (Å²) in [7, 11) is -3.67. The number of piperazine rings is 1. The van der Waals surface area contributed by atoms with E-state index in [2.05, 4.69) is 4.98 Å². The molecular formula is C21H21N3O5S2. The third-order valence-corrected chi connectivity index (χ3v) is 7.81. The van der Waals surface area contributed by atoms with Crippen LogP contribution in [0.15, 0.2) is 63.1 Å².